The standard InChI is InChI=1S/C12H19N3O6/c1-21-11(19)7-3-2-4-15(6-7)12(20)14-8(10(17)18)5-9(13)16/h7-8H,2-6H2,1H3,(H2,13,16)(H,14,20)(H,17,18)/t7?,8-/m0/s1. The normalized spacial score (nSPS) is 19.5. The van der Waals surface area contributed by atoms with Crippen molar-refractivity contribution in [1.29, 1.82) is 0 Å². The monoisotopic (exact) mass is 301 g/mol. The number of nitrogens with two attached hydrogens (primary N) is 1. The molecule has 0 spiro atoms. The van der Waals surface area contributed by atoms with Crippen LogP contribution in [0.2, 0.25) is 0 Å². The third-order valence-corrected chi connectivity index (χ3v) is 3.24. The van der Waals surface area contributed by atoms with E-state index in [0.717, 1.165) is 0 Å². The number of esters is 1. The molecule has 0 saturated carbocycles. The number of piperidine rings is 1. The van der Waals surface area contributed by atoms with Gasteiger partial charge in [-0.1, -0.05) is 0 Å². The summed E-state index contributed by atoms with van der Waals surface area (Å²) in [6.07, 6.45) is 0.732. The topological polar surface area (TPSA) is 139 Å². The van der Waals surface area contributed by atoms with Crippen LogP contribution in [0, 0.1) is 5.92 Å². The lowest BCUT2D eigenvalue weighted by Crippen LogP contribution is -2.52. The van der Waals surface area contributed by atoms with Crippen LogP contribution in [0.1, 0.15) is 19.3 Å². The number of methoxy groups -OCH3 is 1. The summed E-state index contributed by atoms with van der Waals surface area (Å²) in [7, 11) is 1.27. The summed E-state index contributed by atoms with van der Waals surface area (Å²) in [5.74, 6) is -2.99. The Morgan fingerprint density at radius 3 is 2.62 bits per heavy atom. The van der Waals surface area contributed by atoms with Crippen LogP contribution >= 0.6 is 0 Å². The van der Waals surface area contributed by atoms with E-state index in [2.05, 4.69) is 10.1 Å². The van der Waals surface area contributed by atoms with Gasteiger partial charge in [0, 0.05) is 13.1 Å². The van der Waals surface area contributed by atoms with E-state index in [1.165, 1.54) is 12.0 Å². The minimum absolute atomic E-state index is 0.154. The highest BCUT2D eigenvalue weighted by Crippen LogP contribution is 2.17. The fourth-order valence-electron chi connectivity index (χ4n) is 2.16. The van der Waals surface area contributed by atoms with Crippen molar-refractivity contribution in [2.24, 2.45) is 11.7 Å². The molecule has 1 aliphatic heterocycles. The Morgan fingerprint density at radius 2 is 2.10 bits per heavy atom. The molecule has 1 rings (SSSR count). The fraction of sp³-hybridized carbons (Fsp3) is 0.667. The lowest BCUT2D eigenvalue weighted by molar-refractivity contribution is -0.147. The number of carboxylic acids is 1. The van der Waals surface area contributed by atoms with Crippen LogP contribution in [0.4, 0.5) is 4.79 Å². The number of nitrogens with zero attached hydrogens (tertiary/aromatic N) is 1. The zero-order chi connectivity index (χ0) is 16.0. The molecule has 2 atom stereocenters. The van der Waals surface area contributed by atoms with Crippen molar-refractivity contribution in [3.05, 3.63) is 0 Å². The van der Waals surface area contributed by atoms with E-state index in [0.29, 0.717) is 19.4 Å². The Labute approximate surface area is 121 Å². The first-order valence-electron chi connectivity index (χ1n) is 6.49. The molecule has 0 radical (unpaired) electrons. The summed E-state index contributed by atoms with van der Waals surface area (Å²) in [6.45, 7) is 0.559. The number of aliphatic carboxylic acids is 1. The number of urea groups is 1. The second kappa shape index (κ2) is 7.46. The predicted molar refractivity (Wildman–Crippen MR) is 70.1 cm³/mol. The van der Waals surface area contributed by atoms with E-state index < -0.39 is 42.3 Å². The number of carbonyl (C=O) groups excluding carboxylic acids is 3. The van der Waals surface area contributed by atoms with Gasteiger partial charge in [0.15, 0.2) is 0 Å². The molecule has 9 heteroatoms. The number of carboxylic acid groups (broad SMARTS) is 1. The summed E-state index contributed by atoms with van der Waals surface area (Å²) >= 11 is 0. The van der Waals surface area contributed by atoms with Gasteiger partial charge in [-0.25, -0.2) is 9.59 Å². The van der Waals surface area contributed by atoms with E-state index in [-0.39, 0.29) is 6.54 Å². The van der Waals surface area contributed by atoms with Gasteiger partial charge in [-0.2, -0.15) is 0 Å². The van der Waals surface area contributed by atoms with Crippen LogP contribution in [-0.2, 0) is 19.1 Å². The molecule has 118 valence electrons. The molecule has 9 nitrogen and oxygen atoms in total. The first-order valence-corrected chi connectivity index (χ1v) is 6.49. The third kappa shape index (κ3) is 4.93. The van der Waals surface area contributed by atoms with E-state index in [1.807, 2.05) is 0 Å². The minimum atomic E-state index is -1.38. The minimum Gasteiger partial charge on any atom is -0.480 e. The maximum Gasteiger partial charge on any atom is 0.326 e. The van der Waals surface area contributed by atoms with Crippen molar-refractivity contribution in [2.45, 2.75) is 25.3 Å². The molecule has 3 amide bonds. The molecule has 0 aliphatic carbocycles. The van der Waals surface area contributed by atoms with E-state index in [1.54, 1.807) is 0 Å². The van der Waals surface area contributed by atoms with Crippen LogP contribution in [0.5, 0.6) is 0 Å². The zero-order valence-electron chi connectivity index (χ0n) is 11.7. The number of likely N-dealkylation sites (tertiary alicyclic amines) is 1. The molecule has 0 aromatic heterocycles. The number of nitrogens with one attached hydrogen (secondary N) is 1. The van der Waals surface area contributed by atoms with Crippen molar-refractivity contribution < 1.29 is 29.0 Å². The Kier molecular flexibility index (Phi) is 5.94. The molecule has 0 aromatic carbocycles. The van der Waals surface area contributed by atoms with Gasteiger partial charge in [-0.05, 0) is 12.8 Å². The molecule has 1 aliphatic rings. The molecule has 1 saturated heterocycles. The van der Waals surface area contributed by atoms with Gasteiger partial charge < -0.3 is 25.8 Å². The SMILES string of the molecule is COC(=O)C1CCCN(C(=O)N[C@@H](CC(N)=O)C(=O)O)C1. The summed E-state index contributed by atoms with van der Waals surface area (Å²) in [6, 6.07) is -2.02. The highest BCUT2D eigenvalue weighted by molar-refractivity contribution is 5.87. The zero-order valence-corrected chi connectivity index (χ0v) is 11.7. The van der Waals surface area contributed by atoms with Crippen LogP contribution in [0.25, 0.3) is 0 Å². The third-order valence-electron chi connectivity index (χ3n) is 3.24. The average molecular weight is 301 g/mol. The summed E-state index contributed by atoms with van der Waals surface area (Å²) in [5.41, 5.74) is 4.94. The lowest BCUT2D eigenvalue weighted by atomic mass is 9.98. The first kappa shape index (κ1) is 16.7. The highest BCUT2D eigenvalue weighted by atomic mass is 16.5. The second-order valence-corrected chi connectivity index (χ2v) is 4.82. The molecule has 21 heavy (non-hydrogen) atoms. The van der Waals surface area contributed by atoms with Gasteiger partial charge in [0.1, 0.15) is 6.04 Å². The number of hydrogen-bond donors (Lipinski definition) is 3. The van der Waals surface area contributed by atoms with Crippen molar-refractivity contribution in [3.8, 4) is 0 Å². The maximum atomic E-state index is 12.0. The molecule has 1 fully saturated rings. The number of carbonyl (C=O) groups is 4. The molecular weight excluding hydrogens is 282 g/mol. The lowest BCUT2D eigenvalue weighted by Gasteiger charge is -2.32. The number of rotatable bonds is 5. The smallest absolute Gasteiger partial charge is 0.326 e. The van der Waals surface area contributed by atoms with Gasteiger partial charge in [0.05, 0.1) is 19.4 Å². The van der Waals surface area contributed by atoms with Gasteiger partial charge in [-0.15, -0.1) is 0 Å². The molecule has 0 aromatic rings. The number of hydrogen-bond acceptors (Lipinski definition) is 5. The van der Waals surface area contributed by atoms with Gasteiger partial charge in [0.2, 0.25) is 5.91 Å². The van der Waals surface area contributed by atoms with Crippen LogP contribution in [-0.4, -0.2) is 60.1 Å². The number of ether oxygens (including phenoxy) is 1. The second-order valence-electron chi connectivity index (χ2n) is 4.82. The highest BCUT2D eigenvalue weighted by Gasteiger charge is 2.31. The molecular formula is C12H19N3O6. The fourth-order valence-corrected chi connectivity index (χ4v) is 2.16. The van der Waals surface area contributed by atoms with Crippen LogP contribution in [0.3, 0.4) is 0 Å². The summed E-state index contributed by atoms with van der Waals surface area (Å²) < 4.78 is 4.64. The van der Waals surface area contributed by atoms with E-state index in [9.17, 15) is 19.2 Å². The maximum absolute atomic E-state index is 12.0. The van der Waals surface area contributed by atoms with Crippen molar-refractivity contribution in [1.82, 2.24) is 10.2 Å². The van der Waals surface area contributed by atoms with Crippen LogP contribution < -0.4 is 11.1 Å². The van der Waals surface area contributed by atoms with Gasteiger partial charge >= 0.3 is 18.0 Å². The van der Waals surface area contributed by atoms with Crippen molar-refractivity contribution >= 4 is 23.9 Å². The molecule has 1 unspecified atom stereocenters. The summed E-state index contributed by atoms with van der Waals surface area (Å²) in [5, 5.41) is 11.2. The Morgan fingerprint density at radius 1 is 1.43 bits per heavy atom. The quantitative estimate of drug-likeness (QED) is 0.551. The molecule has 0 bridgehead atoms. The largest absolute Gasteiger partial charge is 0.480 e. The van der Waals surface area contributed by atoms with E-state index >= 15 is 0 Å². The molecule has 4 N–H and O–H groups in total. The summed E-state index contributed by atoms with van der Waals surface area (Å²) in [4.78, 5) is 46.6. The van der Waals surface area contributed by atoms with Gasteiger partial charge in [-0.3, -0.25) is 9.59 Å². The number of amides is 3. The molecule has 1 heterocycles. The van der Waals surface area contributed by atoms with Crippen molar-refractivity contribution in [2.75, 3.05) is 20.2 Å². The van der Waals surface area contributed by atoms with Crippen LogP contribution in [0.15, 0.2) is 0 Å². The van der Waals surface area contributed by atoms with E-state index in [4.69, 9.17) is 10.8 Å². The Bertz CT molecular complexity index is 439. The first-order chi connectivity index (χ1) is 9.85. The Balaban J connectivity index is 2.62. The van der Waals surface area contributed by atoms with Crippen molar-refractivity contribution in [3.63, 3.8) is 0 Å². The Hall–Kier alpha value is -2.32. The predicted octanol–water partition coefficient (Wildman–Crippen LogP) is -1.09. The number of primary amides is 1. The van der Waals surface area contributed by atoms with Gasteiger partial charge in [0.25, 0.3) is 0 Å². The average Bonchev–Trinajstić information content (AvgIpc) is 2.45.